The molecule has 0 aromatic heterocycles. The number of hydrogen-bond donors (Lipinski definition) is 1. The molecule has 1 atom stereocenters. The van der Waals surface area contributed by atoms with Gasteiger partial charge in [0.15, 0.2) is 0 Å². The molecule has 0 saturated carbocycles. The average molecular weight is 124 g/mol. The number of nitrogens with one attached hydrogen (secondary N) is 1. The zero-order chi connectivity index (χ0) is 6.53. The second kappa shape index (κ2) is 3.47. The molecule has 0 radical (unpaired) electrons. The van der Waals surface area contributed by atoms with Crippen LogP contribution in [0.25, 0.3) is 0 Å². The van der Waals surface area contributed by atoms with Crippen molar-refractivity contribution in [2.24, 2.45) is 0 Å². The Morgan fingerprint density at radius 1 is 1.67 bits per heavy atom. The molecule has 1 aliphatic rings. The van der Waals surface area contributed by atoms with Gasteiger partial charge in [-0.2, -0.15) is 5.26 Å². The second-order valence-electron chi connectivity index (χ2n) is 2.49. The summed E-state index contributed by atoms with van der Waals surface area (Å²) in [7, 11) is 0. The molecule has 1 N–H and O–H groups in total. The van der Waals surface area contributed by atoms with Crippen molar-refractivity contribution < 1.29 is 0 Å². The molecule has 0 aromatic carbocycles. The summed E-state index contributed by atoms with van der Waals surface area (Å²) in [6, 6.07) is 2.80. The molecule has 1 saturated heterocycles. The minimum Gasteiger partial charge on any atom is -0.314 e. The van der Waals surface area contributed by atoms with Gasteiger partial charge in [0.2, 0.25) is 0 Å². The third-order valence-electron chi connectivity index (χ3n) is 1.77. The SMILES string of the molecule is N#CCCC1CCCN1. The van der Waals surface area contributed by atoms with Crippen LogP contribution in [0, 0.1) is 11.3 Å². The standard InChI is InChI=1S/C7H12N2/c8-5-1-3-7-4-2-6-9-7/h7,9H,1-4,6H2. The minimum absolute atomic E-state index is 0.643. The molecule has 1 rings (SSSR count). The molecule has 1 heterocycles. The maximum absolute atomic E-state index is 8.25. The summed E-state index contributed by atoms with van der Waals surface area (Å²) in [5, 5.41) is 11.6. The van der Waals surface area contributed by atoms with Crippen LogP contribution in [0.15, 0.2) is 0 Å². The van der Waals surface area contributed by atoms with Crippen molar-refractivity contribution in [1.82, 2.24) is 5.32 Å². The predicted molar refractivity (Wildman–Crippen MR) is 35.9 cm³/mol. The molecule has 2 heteroatoms. The van der Waals surface area contributed by atoms with E-state index >= 15 is 0 Å². The molecular formula is C7H12N2. The highest BCUT2D eigenvalue weighted by Crippen LogP contribution is 2.09. The van der Waals surface area contributed by atoms with Gasteiger partial charge in [0.05, 0.1) is 6.07 Å². The van der Waals surface area contributed by atoms with E-state index in [4.69, 9.17) is 5.26 Å². The van der Waals surface area contributed by atoms with Crippen molar-refractivity contribution in [3.05, 3.63) is 0 Å². The Bertz CT molecular complexity index is 109. The van der Waals surface area contributed by atoms with E-state index in [9.17, 15) is 0 Å². The maximum Gasteiger partial charge on any atom is 0.0622 e. The van der Waals surface area contributed by atoms with Gasteiger partial charge >= 0.3 is 0 Å². The first-order valence-electron chi connectivity index (χ1n) is 3.54. The highest BCUT2D eigenvalue weighted by atomic mass is 14.9. The lowest BCUT2D eigenvalue weighted by atomic mass is 10.1. The Labute approximate surface area is 55.9 Å². The molecule has 0 aliphatic carbocycles. The Morgan fingerprint density at radius 3 is 3.11 bits per heavy atom. The monoisotopic (exact) mass is 124 g/mol. The minimum atomic E-state index is 0.643. The first-order chi connectivity index (χ1) is 4.43. The fourth-order valence-electron chi connectivity index (χ4n) is 1.24. The van der Waals surface area contributed by atoms with E-state index in [0.29, 0.717) is 12.5 Å². The van der Waals surface area contributed by atoms with Gasteiger partial charge in [-0.15, -0.1) is 0 Å². The van der Waals surface area contributed by atoms with Gasteiger partial charge in [-0.05, 0) is 25.8 Å². The summed E-state index contributed by atoms with van der Waals surface area (Å²) in [6.45, 7) is 1.15. The maximum atomic E-state index is 8.25. The molecule has 0 bridgehead atoms. The Hall–Kier alpha value is -0.550. The van der Waals surface area contributed by atoms with E-state index < -0.39 is 0 Å². The lowest BCUT2D eigenvalue weighted by Gasteiger charge is -2.04. The highest BCUT2D eigenvalue weighted by molar-refractivity contribution is 4.79. The average Bonchev–Trinajstić information content (AvgIpc) is 2.34. The number of nitriles is 1. The lowest BCUT2D eigenvalue weighted by molar-refractivity contribution is 0.567. The summed E-state index contributed by atoms with van der Waals surface area (Å²) in [5.74, 6) is 0. The van der Waals surface area contributed by atoms with Crippen LogP contribution in [0.4, 0.5) is 0 Å². The van der Waals surface area contributed by atoms with E-state index in [1.54, 1.807) is 0 Å². The molecule has 1 unspecified atom stereocenters. The highest BCUT2D eigenvalue weighted by Gasteiger charge is 2.12. The van der Waals surface area contributed by atoms with Gasteiger partial charge in [0.1, 0.15) is 0 Å². The van der Waals surface area contributed by atoms with Crippen LogP contribution in [0.2, 0.25) is 0 Å². The smallest absolute Gasteiger partial charge is 0.0622 e. The van der Waals surface area contributed by atoms with Crippen LogP contribution in [0.1, 0.15) is 25.7 Å². The van der Waals surface area contributed by atoms with Crippen LogP contribution in [-0.2, 0) is 0 Å². The molecule has 2 nitrogen and oxygen atoms in total. The second-order valence-corrected chi connectivity index (χ2v) is 2.49. The largest absolute Gasteiger partial charge is 0.314 e. The molecule has 50 valence electrons. The first kappa shape index (κ1) is 6.57. The number of rotatable bonds is 2. The van der Waals surface area contributed by atoms with Crippen LogP contribution in [0.5, 0.6) is 0 Å². The zero-order valence-corrected chi connectivity index (χ0v) is 5.56. The molecule has 0 amide bonds. The van der Waals surface area contributed by atoms with Crippen molar-refractivity contribution >= 4 is 0 Å². The van der Waals surface area contributed by atoms with Gasteiger partial charge in [0, 0.05) is 12.5 Å². The Balaban J connectivity index is 2.06. The van der Waals surface area contributed by atoms with E-state index in [0.717, 1.165) is 13.0 Å². The van der Waals surface area contributed by atoms with Crippen LogP contribution in [0.3, 0.4) is 0 Å². The molecule has 0 aromatic rings. The van der Waals surface area contributed by atoms with Gasteiger partial charge in [0.25, 0.3) is 0 Å². The summed E-state index contributed by atoms with van der Waals surface area (Å²) in [4.78, 5) is 0. The van der Waals surface area contributed by atoms with Crippen molar-refractivity contribution in [3.63, 3.8) is 0 Å². The Kier molecular flexibility index (Phi) is 2.53. The van der Waals surface area contributed by atoms with E-state index in [1.807, 2.05) is 0 Å². The molecular weight excluding hydrogens is 112 g/mol. The van der Waals surface area contributed by atoms with Crippen molar-refractivity contribution in [1.29, 1.82) is 5.26 Å². The Morgan fingerprint density at radius 2 is 2.56 bits per heavy atom. The third kappa shape index (κ3) is 2.03. The topological polar surface area (TPSA) is 35.8 Å². The van der Waals surface area contributed by atoms with Gasteiger partial charge < -0.3 is 5.32 Å². The van der Waals surface area contributed by atoms with Crippen LogP contribution < -0.4 is 5.32 Å². The number of nitrogens with zero attached hydrogens (tertiary/aromatic N) is 1. The normalized spacial score (nSPS) is 25.9. The van der Waals surface area contributed by atoms with Crippen molar-refractivity contribution in [2.45, 2.75) is 31.7 Å². The lowest BCUT2D eigenvalue weighted by Crippen LogP contribution is -2.20. The van der Waals surface area contributed by atoms with Gasteiger partial charge in [-0.3, -0.25) is 0 Å². The summed E-state index contributed by atoms with van der Waals surface area (Å²) in [5.41, 5.74) is 0. The molecule has 1 fully saturated rings. The van der Waals surface area contributed by atoms with Crippen molar-refractivity contribution in [3.8, 4) is 6.07 Å². The molecule has 9 heavy (non-hydrogen) atoms. The number of hydrogen-bond acceptors (Lipinski definition) is 2. The fraction of sp³-hybridized carbons (Fsp3) is 0.857. The predicted octanol–water partition coefficient (Wildman–Crippen LogP) is 1.04. The van der Waals surface area contributed by atoms with E-state index in [2.05, 4.69) is 11.4 Å². The van der Waals surface area contributed by atoms with Crippen LogP contribution in [-0.4, -0.2) is 12.6 Å². The van der Waals surface area contributed by atoms with Gasteiger partial charge in [-0.1, -0.05) is 0 Å². The zero-order valence-electron chi connectivity index (χ0n) is 5.56. The summed E-state index contributed by atoms with van der Waals surface area (Å²) < 4.78 is 0. The molecule has 0 spiro atoms. The third-order valence-corrected chi connectivity index (χ3v) is 1.77. The molecule has 1 aliphatic heterocycles. The van der Waals surface area contributed by atoms with Crippen molar-refractivity contribution in [2.75, 3.05) is 6.54 Å². The fourth-order valence-corrected chi connectivity index (χ4v) is 1.24. The van der Waals surface area contributed by atoms with Gasteiger partial charge in [-0.25, -0.2) is 0 Å². The summed E-state index contributed by atoms with van der Waals surface area (Å²) in [6.07, 6.45) is 4.30. The van der Waals surface area contributed by atoms with E-state index in [1.165, 1.54) is 12.8 Å². The van der Waals surface area contributed by atoms with Crippen LogP contribution >= 0.6 is 0 Å². The first-order valence-corrected chi connectivity index (χ1v) is 3.54. The quantitative estimate of drug-likeness (QED) is 0.597. The summed E-state index contributed by atoms with van der Waals surface area (Å²) >= 11 is 0. The van der Waals surface area contributed by atoms with E-state index in [-0.39, 0.29) is 0 Å².